The van der Waals surface area contributed by atoms with Crippen molar-refractivity contribution in [3.05, 3.63) is 78.0 Å². The summed E-state index contributed by atoms with van der Waals surface area (Å²) in [5.41, 5.74) is 3.35. The number of hydrogen-bond donors (Lipinski definition) is 2. The normalized spacial score (nSPS) is 10.9. The van der Waals surface area contributed by atoms with Gasteiger partial charge in [0.25, 0.3) is 0 Å². The zero-order valence-electron chi connectivity index (χ0n) is 13.7. The maximum atomic E-state index is 11.6. The number of rotatable bonds is 3. The number of aromatic carboxylic acids is 1. The Hall–Kier alpha value is -3.40. The lowest BCUT2D eigenvalue weighted by Gasteiger charge is -2.02. The fourth-order valence-electron chi connectivity index (χ4n) is 2.93. The van der Waals surface area contributed by atoms with Gasteiger partial charge in [-0.25, -0.2) is 9.78 Å². The molecule has 1 aromatic heterocycles. The first kappa shape index (κ1) is 15.1. The number of aromatic nitrogens is 2. The van der Waals surface area contributed by atoms with E-state index >= 15 is 0 Å². The second-order valence-corrected chi connectivity index (χ2v) is 6.04. The first-order chi connectivity index (χ1) is 12.1. The number of imidazole rings is 1. The molecule has 0 saturated carbocycles. The zero-order valence-corrected chi connectivity index (χ0v) is 13.7. The summed E-state index contributed by atoms with van der Waals surface area (Å²) >= 11 is 0. The van der Waals surface area contributed by atoms with E-state index in [1.54, 1.807) is 0 Å². The SMILES string of the molecule is Cc1ccc(-c2[nH]c(-c3ccc4ccccc4c3)nc2C(=O)O)cc1. The van der Waals surface area contributed by atoms with Crippen LogP contribution in [0.1, 0.15) is 16.1 Å². The third-order valence-corrected chi connectivity index (χ3v) is 4.27. The highest BCUT2D eigenvalue weighted by Gasteiger charge is 2.19. The van der Waals surface area contributed by atoms with Crippen LogP contribution in [0.2, 0.25) is 0 Å². The highest BCUT2D eigenvalue weighted by Crippen LogP contribution is 2.28. The molecule has 0 aliphatic carbocycles. The van der Waals surface area contributed by atoms with Gasteiger partial charge in [0, 0.05) is 11.1 Å². The number of fused-ring (bicyclic) bond motifs is 1. The molecule has 0 unspecified atom stereocenters. The van der Waals surface area contributed by atoms with E-state index in [1.807, 2.05) is 73.7 Å². The average Bonchev–Trinajstić information content (AvgIpc) is 3.07. The molecule has 0 aliphatic rings. The summed E-state index contributed by atoms with van der Waals surface area (Å²) in [4.78, 5) is 19.2. The first-order valence-electron chi connectivity index (χ1n) is 8.01. The third kappa shape index (κ3) is 2.78. The minimum absolute atomic E-state index is 0.0343. The molecule has 0 radical (unpaired) electrons. The number of benzene rings is 3. The van der Waals surface area contributed by atoms with E-state index in [-0.39, 0.29) is 5.69 Å². The number of nitrogens with zero attached hydrogens (tertiary/aromatic N) is 1. The third-order valence-electron chi connectivity index (χ3n) is 4.27. The Kier molecular flexibility index (Phi) is 3.58. The molecule has 0 saturated heterocycles. The van der Waals surface area contributed by atoms with Crippen molar-refractivity contribution in [3.63, 3.8) is 0 Å². The summed E-state index contributed by atoms with van der Waals surface area (Å²) in [5.74, 6) is -0.488. The fraction of sp³-hybridized carbons (Fsp3) is 0.0476. The van der Waals surface area contributed by atoms with Gasteiger partial charge < -0.3 is 10.1 Å². The van der Waals surface area contributed by atoms with Crippen LogP contribution in [0.5, 0.6) is 0 Å². The van der Waals surface area contributed by atoms with E-state index in [2.05, 4.69) is 9.97 Å². The molecule has 0 fully saturated rings. The molecule has 122 valence electrons. The van der Waals surface area contributed by atoms with Crippen molar-refractivity contribution in [2.24, 2.45) is 0 Å². The summed E-state index contributed by atoms with van der Waals surface area (Å²) in [7, 11) is 0. The molecule has 0 atom stereocenters. The van der Waals surface area contributed by atoms with E-state index in [9.17, 15) is 9.90 Å². The Labute approximate surface area is 144 Å². The summed E-state index contributed by atoms with van der Waals surface area (Å²) < 4.78 is 0. The molecule has 0 bridgehead atoms. The largest absolute Gasteiger partial charge is 0.476 e. The average molecular weight is 328 g/mol. The highest BCUT2D eigenvalue weighted by molar-refractivity contribution is 5.94. The predicted molar refractivity (Wildman–Crippen MR) is 98.7 cm³/mol. The van der Waals surface area contributed by atoms with Crippen molar-refractivity contribution < 1.29 is 9.90 Å². The summed E-state index contributed by atoms with van der Waals surface area (Å²) in [6.45, 7) is 2.00. The van der Waals surface area contributed by atoms with E-state index in [1.165, 1.54) is 0 Å². The van der Waals surface area contributed by atoms with Gasteiger partial charge in [-0.2, -0.15) is 0 Å². The maximum Gasteiger partial charge on any atom is 0.356 e. The summed E-state index contributed by atoms with van der Waals surface area (Å²) in [6, 6.07) is 21.7. The van der Waals surface area contributed by atoms with E-state index in [0.717, 1.165) is 27.5 Å². The molecule has 4 heteroatoms. The molecule has 4 aromatic rings. The van der Waals surface area contributed by atoms with Crippen LogP contribution in [0.15, 0.2) is 66.7 Å². The fourth-order valence-corrected chi connectivity index (χ4v) is 2.93. The number of carboxylic acid groups (broad SMARTS) is 1. The number of carboxylic acids is 1. The van der Waals surface area contributed by atoms with Gasteiger partial charge >= 0.3 is 5.97 Å². The molecule has 0 aliphatic heterocycles. The molecule has 25 heavy (non-hydrogen) atoms. The van der Waals surface area contributed by atoms with Crippen molar-refractivity contribution in [1.29, 1.82) is 0 Å². The molecule has 3 aromatic carbocycles. The maximum absolute atomic E-state index is 11.6. The lowest BCUT2D eigenvalue weighted by atomic mass is 10.1. The minimum atomic E-state index is -1.04. The quantitative estimate of drug-likeness (QED) is 0.562. The minimum Gasteiger partial charge on any atom is -0.476 e. The smallest absolute Gasteiger partial charge is 0.356 e. The van der Waals surface area contributed by atoms with Crippen LogP contribution < -0.4 is 0 Å². The molecule has 2 N–H and O–H groups in total. The molecular weight excluding hydrogens is 312 g/mol. The Balaban J connectivity index is 1.86. The van der Waals surface area contributed by atoms with E-state index in [4.69, 9.17) is 0 Å². The molecule has 4 rings (SSSR count). The Morgan fingerprint density at radius 3 is 2.32 bits per heavy atom. The Morgan fingerprint density at radius 2 is 1.60 bits per heavy atom. The second kappa shape index (κ2) is 5.91. The van der Waals surface area contributed by atoms with Crippen molar-refractivity contribution in [2.75, 3.05) is 0 Å². The van der Waals surface area contributed by atoms with Crippen LogP contribution in [-0.4, -0.2) is 21.0 Å². The van der Waals surface area contributed by atoms with Crippen LogP contribution in [-0.2, 0) is 0 Å². The number of nitrogens with one attached hydrogen (secondary N) is 1. The monoisotopic (exact) mass is 328 g/mol. The molecular formula is C21H16N2O2. The standard InChI is InChI=1S/C21H16N2O2/c1-13-6-8-15(9-7-13)18-19(21(24)25)23-20(22-18)17-11-10-14-4-2-3-5-16(14)12-17/h2-12H,1H3,(H,22,23)(H,24,25). The van der Waals surface area contributed by atoms with Gasteiger partial charge in [-0.05, 0) is 23.8 Å². The lowest BCUT2D eigenvalue weighted by Crippen LogP contribution is -1.99. The van der Waals surface area contributed by atoms with Crippen molar-refractivity contribution in [3.8, 4) is 22.6 Å². The predicted octanol–water partition coefficient (Wildman–Crippen LogP) is 4.90. The van der Waals surface area contributed by atoms with Gasteiger partial charge in [-0.15, -0.1) is 0 Å². The topological polar surface area (TPSA) is 66.0 Å². The Morgan fingerprint density at radius 1 is 0.920 bits per heavy atom. The van der Waals surface area contributed by atoms with E-state index in [0.29, 0.717) is 11.5 Å². The van der Waals surface area contributed by atoms with Crippen LogP contribution >= 0.6 is 0 Å². The lowest BCUT2D eigenvalue weighted by molar-refractivity contribution is 0.0692. The van der Waals surface area contributed by atoms with Gasteiger partial charge in [-0.1, -0.05) is 66.2 Å². The van der Waals surface area contributed by atoms with Crippen molar-refractivity contribution in [1.82, 2.24) is 9.97 Å². The number of carbonyl (C=O) groups is 1. The zero-order chi connectivity index (χ0) is 17.4. The van der Waals surface area contributed by atoms with Crippen LogP contribution in [0.25, 0.3) is 33.4 Å². The van der Waals surface area contributed by atoms with Crippen molar-refractivity contribution >= 4 is 16.7 Å². The second-order valence-electron chi connectivity index (χ2n) is 6.04. The van der Waals surface area contributed by atoms with Crippen LogP contribution in [0.3, 0.4) is 0 Å². The number of H-pyrrole nitrogens is 1. The van der Waals surface area contributed by atoms with Crippen LogP contribution in [0, 0.1) is 6.92 Å². The van der Waals surface area contributed by atoms with Crippen molar-refractivity contribution in [2.45, 2.75) is 6.92 Å². The Bertz CT molecular complexity index is 1080. The number of aromatic amines is 1. The van der Waals surface area contributed by atoms with Gasteiger partial charge in [0.1, 0.15) is 5.82 Å². The summed E-state index contributed by atoms with van der Waals surface area (Å²) in [5, 5.41) is 11.8. The van der Waals surface area contributed by atoms with E-state index < -0.39 is 5.97 Å². The van der Waals surface area contributed by atoms with Gasteiger partial charge in [-0.3, -0.25) is 0 Å². The van der Waals surface area contributed by atoms with Crippen LogP contribution in [0.4, 0.5) is 0 Å². The molecule has 1 heterocycles. The number of hydrogen-bond acceptors (Lipinski definition) is 2. The first-order valence-corrected chi connectivity index (χ1v) is 8.01. The molecule has 0 spiro atoms. The van der Waals surface area contributed by atoms with Gasteiger partial charge in [0.05, 0.1) is 5.69 Å². The summed E-state index contributed by atoms with van der Waals surface area (Å²) in [6.07, 6.45) is 0. The van der Waals surface area contributed by atoms with Gasteiger partial charge in [0.15, 0.2) is 5.69 Å². The van der Waals surface area contributed by atoms with Gasteiger partial charge in [0.2, 0.25) is 0 Å². The highest BCUT2D eigenvalue weighted by atomic mass is 16.4. The molecule has 4 nitrogen and oxygen atoms in total. The molecule has 0 amide bonds. The number of aryl methyl sites for hydroxylation is 1.